The van der Waals surface area contributed by atoms with Crippen LogP contribution in [0.15, 0.2) is 23.0 Å². The van der Waals surface area contributed by atoms with E-state index in [4.69, 9.17) is 4.43 Å². The Hall–Kier alpha value is -0.503. The van der Waals surface area contributed by atoms with Crippen LogP contribution in [-0.2, 0) is 4.43 Å². The first-order chi connectivity index (χ1) is 6.84. The van der Waals surface area contributed by atoms with Crippen molar-refractivity contribution in [3.05, 3.63) is 23.0 Å². The summed E-state index contributed by atoms with van der Waals surface area (Å²) in [5.41, 5.74) is 2.75. The van der Waals surface area contributed by atoms with E-state index in [9.17, 15) is 0 Å². The Bertz CT molecular complexity index is 298. The normalized spacial score (nSPS) is 18.2. The van der Waals surface area contributed by atoms with Crippen molar-refractivity contribution in [2.45, 2.75) is 53.0 Å². The minimum Gasteiger partial charge on any atom is -0.551 e. The zero-order valence-corrected chi connectivity index (χ0v) is 12.4. The zero-order valence-electron chi connectivity index (χ0n) is 11.0. The molecule has 1 aliphatic rings. The summed E-state index contributed by atoms with van der Waals surface area (Å²) < 4.78 is 6.08. The molecule has 0 spiro atoms. The molecular weight excluding hydrogens is 200 g/mol. The van der Waals surface area contributed by atoms with Crippen LogP contribution in [-0.4, -0.2) is 9.76 Å². The van der Waals surface area contributed by atoms with Gasteiger partial charge in [0.05, 0.1) is 5.76 Å². The van der Waals surface area contributed by atoms with E-state index in [-0.39, 0.29) is 0 Å². The summed E-state index contributed by atoms with van der Waals surface area (Å²) in [7, 11) is -0.483. The number of hydrogen-bond donors (Lipinski definition) is 0. The molecule has 1 aliphatic carbocycles. The summed E-state index contributed by atoms with van der Waals surface area (Å²) in [6.07, 6.45) is 3.28. The Labute approximate surface area is 96.5 Å². The first kappa shape index (κ1) is 12.6. The lowest BCUT2D eigenvalue weighted by Gasteiger charge is -2.28. The third-order valence-electron chi connectivity index (χ3n) is 3.78. The standard InChI is InChI=1S/C13H24OSi/c1-9(2)13(5,6)15-14-12-8-7-10(3)11(12)4/h7,9H,8,15H2,1-6H3. The first-order valence-electron chi connectivity index (χ1n) is 5.84. The van der Waals surface area contributed by atoms with Gasteiger partial charge in [-0.15, -0.1) is 0 Å². The smallest absolute Gasteiger partial charge is 0.225 e. The SMILES string of the molecule is CC1=CCC(O[SiH2]C(C)(C)C(C)C)=C1C. The van der Waals surface area contributed by atoms with Crippen LogP contribution >= 0.6 is 0 Å². The largest absolute Gasteiger partial charge is 0.551 e. The molecule has 86 valence electrons. The molecule has 0 aromatic rings. The Balaban J connectivity index is 2.53. The van der Waals surface area contributed by atoms with Crippen LogP contribution in [0.4, 0.5) is 0 Å². The second kappa shape index (κ2) is 4.56. The van der Waals surface area contributed by atoms with Crippen molar-refractivity contribution in [2.24, 2.45) is 5.92 Å². The molecule has 0 aliphatic heterocycles. The van der Waals surface area contributed by atoms with Gasteiger partial charge in [0.1, 0.15) is 0 Å². The van der Waals surface area contributed by atoms with Gasteiger partial charge in [-0.2, -0.15) is 0 Å². The van der Waals surface area contributed by atoms with E-state index in [1.54, 1.807) is 0 Å². The molecule has 0 N–H and O–H groups in total. The van der Waals surface area contributed by atoms with E-state index < -0.39 is 9.76 Å². The highest BCUT2D eigenvalue weighted by Gasteiger charge is 2.25. The zero-order chi connectivity index (χ0) is 11.6. The molecule has 1 nitrogen and oxygen atoms in total. The summed E-state index contributed by atoms with van der Waals surface area (Å²) in [6.45, 7) is 13.6. The molecule has 0 heterocycles. The van der Waals surface area contributed by atoms with E-state index in [2.05, 4.69) is 47.6 Å². The van der Waals surface area contributed by atoms with Crippen molar-refractivity contribution in [3.8, 4) is 0 Å². The molecule has 0 fully saturated rings. The fourth-order valence-electron chi connectivity index (χ4n) is 1.38. The Morgan fingerprint density at radius 3 is 2.33 bits per heavy atom. The molecule has 1 rings (SSSR count). The minimum absolute atomic E-state index is 0.393. The van der Waals surface area contributed by atoms with Crippen molar-refractivity contribution in [3.63, 3.8) is 0 Å². The van der Waals surface area contributed by atoms with Crippen molar-refractivity contribution in [1.82, 2.24) is 0 Å². The van der Waals surface area contributed by atoms with E-state index in [1.807, 2.05) is 0 Å². The number of rotatable bonds is 4. The molecule has 0 bridgehead atoms. The van der Waals surface area contributed by atoms with Crippen LogP contribution in [0.2, 0.25) is 5.04 Å². The third kappa shape index (κ3) is 2.97. The van der Waals surface area contributed by atoms with Crippen LogP contribution in [0.5, 0.6) is 0 Å². The van der Waals surface area contributed by atoms with Crippen molar-refractivity contribution in [2.75, 3.05) is 0 Å². The molecule has 0 unspecified atom stereocenters. The van der Waals surface area contributed by atoms with Gasteiger partial charge in [-0.3, -0.25) is 0 Å². The maximum absolute atomic E-state index is 6.08. The van der Waals surface area contributed by atoms with Crippen molar-refractivity contribution in [1.29, 1.82) is 0 Å². The average molecular weight is 224 g/mol. The van der Waals surface area contributed by atoms with Crippen LogP contribution in [0.3, 0.4) is 0 Å². The van der Waals surface area contributed by atoms with Crippen LogP contribution in [0, 0.1) is 5.92 Å². The van der Waals surface area contributed by atoms with Gasteiger partial charge in [-0.05, 0) is 35.9 Å². The Morgan fingerprint density at radius 2 is 1.93 bits per heavy atom. The molecule has 0 amide bonds. The van der Waals surface area contributed by atoms with Gasteiger partial charge >= 0.3 is 0 Å². The number of hydrogen-bond acceptors (Lipinski definition) is 1. The first-order valence-corrected chi connectivity index (χ1v) is 7.12. The van der Waals surface area contributed by atoms with E-state index in [1.165, 1.54) is 16.9 Å². The van der Waals surface area contributed by atoms with Crippen molar-refractivity contribution >= 4 is 9.76 Å². The Morgan fingerprint density at radius 1 is 1.33 bits per heavy atom. The fourth-order valence-corrected chi connectivity index (χ4v) is 2.59. The van der Waals surface area contributed by atoms with Gasteiger partial charge < -0.3 is 4.43 Å². The average Bonchev–Trinajstić information content (AvgIpc) is 2.45. The van der Waals surface area contributed by atoms with Gasteiger partial charge in [-0.1, -0.05) is 33.8 Å². The summed E-state index contributed by atoms with van der Waals surface area (Å²) in [5, 5.41) is 0.393. The van der Waals surface area contributed by atoms with Crippen LogP contribution < -0.4 is 0 Å². The van der Waals surface area contributed by atoms with Crippen LogP contribution in [0.25, 0.3) is 0 Å². The predicted molar refractivity (Wildman–Crippen MR) is 69.6 cm³/mol. The maximum atomic E-state index is 6.08. The van der Waals surface area contributed by atoms with Crippen LogP contribution in [0.1, 0.15) is 48.0 Å². The lowest BCUT2D eigenvalue weighted by molar-refractivity contribution is 0.371. The van der Waals surface area contributed by atoms with E-state index in [0.29, 0.717) is 11.0 Å². The highest BCUT2D eigenvalue weighted by molar-refractivity contribution is 6.32. The lowest BCUT2D eigenvalue weighted by atomic mass is 9.99. The summed E-state index contributed by atoms with van der Waals surface area (Å²) >= 11 is 0. The van der Waals surface area contributed by atoms with Gasteiger partial charge in [-0.25, -0.2) is 0 Å². The van der Waals surface area contributed by atoms with Gasteiger partial charge in [0.2, 0.25) is 9.76 Å². The van der Waals surface area contributed by atoms with E-state index >= 15 is 0 Å². The van der Waals surface area contributed by atoms with Crippen molar-refractivity contribution < 1.29 is 4.43 Å². The molecule has 0 aromatic heterocycles. The minimum atomic E-state index is -0.483. The highest BCUT2D eigenvalue weighted by Crippen LogP contribution is 2.35. The molecule has 0 aromatic carbocycles. The lowest BCUT2D eigenvalue weighted by Crippen LogP contribution is -2.21. The molecule has 0 radical (unpaired) electrons. The maximum Gasteiger partial charge on any atom is 0.225 e. The molecular formula is C13H24OSi. The molecule has 0 atom stereocenters. The molecule has 0 saturated heterocycles. The summed E-state index contributed by atoms with van der Waals surface area (Å²) in [6, 6.07) is 0. The van der Waals surface area contributed by atoms with E-state index in [0.717, 1.165) is 6.42 Å². The van der Waals surface area contributed by atoms with Gasteiger partial charge in [0.15, 0.2) is 0 Å². The second-order valence-electron chi connectivity index (χ2n) is 5.57. The summed E-state index contributed by atoms with van der Waals surface area (Å²) in [5.74, 6) is 1.94. The third-order valence-corrected chi connectivity index (χ3v) is 5.84. The van der Waals surface area contributed by atoms with Gasteiger partial charge in [0.25, 0.3) is 0 Å². The molecule has 2 heteroatoms. The predicted octanol–water partition coefficient (Wildman–Crippen LogP) is 3.57. The van der Waals surface area contributed by atoms with Gasteiger partial charge in [0, 0.05) is 6.42 Å². The molecule has 15 heavy (non-hydrogen) atoms. The number of allylic oxidation sites excluding steroid dienone is 3. The topological polar surface area (TPSA) is 9.23 Å². The molecule has 0 saturated carbocycles. The Kier molecular flexibility index (Phi) is 3.82. The quantitative estimate of drug-likeness (QED) is 0.663. The monoisotopic (exact) mass is 224 g/mol. The fraction of sp³-hybridized carbons (Fsp3) is 0.692. The second-order valence-corrected chi connectivity index (χ2v) is 7.97. The summed E-state index contributed by atoms with van der Waals surface area (Å²) in [4.78, 5) is 0. The highest BCUT2D eigenvalue weighted by atomic mass is 28.2.